The summed E-state index contributed by atoms with van der Waals surface area (Å²) in [4.78, 5) is 0.302. The molecule has 1 aliphatic rings. The van der Waals surface area contributed by atoms with Crippen LogP contribution >= 0.6 is 43.2 Å². The number of halogens is 2. The molecule has 0 bridgehead atoms. The minimum atomic E-state index is -3.58. The standard InChI is InChI=1S/C13H12Br2N2O2S2/c14-12-7-11(13(15)20-12)21(18,19)17-6-5-16-8-9-3-1-2-4-10(9)17/h1-4,7,16H,5-6,8H2. The molecule has 21 heavy (non-hydrogen) atoms. The van der Waals surface area contributed by atoms with E-state index in [1.807, 2.05) is 24.3 Å². The van der Waals surface area contributed by atoms with Crippen LogP contribution in [0, 0.1) is 0 Å². The van der Waals surface area contributed by atoms with E-state index in [4.69, 9.17) is 0 Å². The first-order valence-corrected chi connectivity index (χ1v) is 10.1. The summed E-state index contributed by atoms with van der Waals surface area (Å²) in [7, 11) is -3.58. The van der Waals surface area contributed by atoms with Crippen LogP contribution in [0.25, 0.3) is 0 Å². The molecule has 2 heterocycles. The zero-order valence-corrected chi connectivity index (χ0v) is 15.6. The summed E-state index contributed by atoms with van der Waals surface area (Å²) in [5, 5.41) is 3.25. The van der Waals surface area contributed by atoms with Crippen molar-refractivity contribution in [1.29, 1.82) is 0 Å². The Morgan fingerprint density at radius 3 is 2.71 bits per heavy atom. The molecule has 0 atom stereocenters. The monoisotopic (exact) mass is 450 g/mol. The van der Waals surface area contributed by atoms with Gasteiger partial charge in [-0.1, -0.05) is 18.2 Å². The molecule has 2 aromatic rings. The topological polar surface area (TPSA) is 49.4 Å². The van der Waals surface area contributed by atoms with E-state index in [-0.39, 0.29) is 0 Å². The van der Waals surface area contributed by atoms with Gasteiger partial charge in [0.2, 0.25) is 0 Å². The maximum absolute atomic E-state index is 13.0. The second kappa shape index (κ2) is 6.00. The lowest BCUT2D eigenvalue weighted by molar-refractivity contribution is 0.589. The van der Waals surface area contributed by atoms with Gasteiger partial charge in [-0.2, -0.15) is 0 Å². The summed E-state index contributed by atoms with van der Waals surface area (Å²) < 4.78 is 28.9. The first kappa shape index (κ1) is 15.5. The van der Waals surface area contributed by atoms with Gasteiger partial charge in [-0.25, -0.2) is 8.42 Å². The number of hydrogen-bond acceptors (Lipinski definition) is 4. The Balaban J connectivity index is 2.13. The number of rotatable bonds is 2. The van der Waals surface area contributed by atoms with Gasteiger partial charge < -0.3 is 5.32 Å². The summed E-state index contributed by atoms with van der Waals surface area (Å²) in [6, 6.07) is 9.24. The van der Waals surface area contributed by atoms with Crippen molar-refractivity contribution in [3.05, 3.63) is 43.5 Å². The van der Waals surface area contributed by atoms with E-state index in [9.17, 15) is 8.42 Å². The van der Waals surface area contributed by atoms with E-state index in [0.29, 0.717) is 28.3 Å². The highest BCUT2D eigenvalue weighted by molar-refractivity contribution is 9.12. The zero-order chi connectivity index (χ0) is 15.0. The fraction of sp³-hybridized carbons (Fsp3) is 0.231. The Hall–Kier alpha value is -0.410. The molecule has 1 aromatic heterocycles. The predicted molar refractivity (Wildman–Crippen MR) is 92.4 cm³/mol. The van der Waals surface area contributed by atoms with E-state index in [1.165, 1.54) is 15.6 Å². The Morgan fingerprint density at radius 2 is 2.00 bits per heavy atom. The van der Waals surface area contributed by atoms with Gasteiger partial charge >= 0.3 is 0 Å². The molecule has 0 amide bonds. The van der Waals surface area contributed by atoms with E-state index in [1.54, 1.807) is 6.07 Å². The van der Waals surface area contributed by atoms with Crippen molar-refractivity contribution in [3.8, 4) is 0 Å². The number of para-hydroxylation sites is 1. The van der Waals surface area contributed by atoms with Crippen molar-refractivity contribution in [2.45, 2.75) is 11.4 Å². The summed E-state index contributed by atoms with van der Waals surface area (Å²) in [5.41, 5.74) is 1.74. The summed E-state index contributed by atoms with van der Waals surface area (Å²) in [5.74, 6) is 0. The Kier molecular flexibility index (Phi) is 4.42. The van der Waals surface area contributed by atoms with Gasteiger partial charge in [0.05, 0.1) is 13.3 Å². The van der Waals surface area contributed by atoms with Crippen LogP contribution in [0.1, 0.15) is 5.56 Å². The molecule has 8 heteroatoms. The van der Waals surface area contributed by atoms with E-state index in [2.05, 4.69) is 37.2 Å². The fourth-order valence-electron chi connectivity index (χ4n) is 2.30. The lowest BCUT2D eigenvalue weighted by Crippen LogP contribution is -2.34. The normalized spacial score (nSPS) is 15.6. The maximum atomic E-state index is 13.0. The second-order valence-corrected chi connectivity index (χ2v) is 10.2. The van der Waals surface area contributed by atoms with Crippen LogP contribution < -0.4 is 9.62 Å². The number of benzene rings is 1. The molecule has 0 radical (unpaired) electrons. The third kappa shape index (κ3) is 2.92. The van der Waals surface area contributed by atoms with Crippen molar-refractivity contribution in [2.24, 2.45) is 0 Å². The highest BCUT2D eigenvalue weighted by Gasteiger charge is 2.30. The van der Waals surface area contributed by atoms with Crippen molar-refractivity contribution in [1.82, 2.24) is 5.32 Å². The highest BCUT2D eigenvalue weighted by atomic mass is 79.9. The summed E-state index contributed by atoms with van der Waals surface area (Å²) >= 11 is 8.04. The van der Waals surface area contributed by atoms with Gasteiger partial charge in [0.15, 0.2) is 0 Å². The van der Waals surface area contributed by atoms with Crippen LogP contribution in [-0.4, -0.2) is 21.5 Å². The van der Waals surface area contributed by atoms with Crippen LogP contribution in [0.3, 0.4) is 0 Å². The molecule has 1 N–H and O–H groups in total. The third-order valence-electron chi connectivity index (χ3n) is 3.26. The molecular formula is C13H12Br2N2O2S2. The van der Waals surface area contributed by atoms with E-state index < -0.39 is 10.0 Å². The first-order chi connectivity index (χ1) is 10.00. The number of sulfonamides is 1. The summed E-state index contributed by atoms with van der Waals surface area (Å²) in [6.07, 6.45) is 0. The second-order valence-electron chi connectivity index (χ2n) is 4.57. The predicted octanol–water partition coefficient (Wildman–Crippen LogP) is 3.57. The van der Waals surface area contributed by atoms with Gasteiger partial charge in [0.1, 0.15) is 4.90 Å². The van der Waals surface area contributed by atoms with Gasteiger partial charge in [-0.3, -0.25) is 4.31 Å². The number of nitrogens with one attached hydrogen (secondary N) is 1. The molecule has 3 rings (SSSR count). The third-order valence-corrected chi connectivity index (χ3v) is 7.83. The fourth-order valence-corrected chi connectivity index (χ4v) is 7.56. The molecule has 0 saturated carbocycles. The van der Waals surface area contributed by atoms with Crippen LogP contribution in [0.2, 0.25) is 0 Å². The minimum Gasteiger partial charge on any atom is -0.311 e. The van der Waals surface area contributed by atoms with Gasteiger partial charge in [-0.05, 0) is 49.6 Å². The molecule has 1 aliphatic heterocycles. The smallest absolute Gasteiger partial charge is 0.266 e. The Labute approximate surface area is 144 Å². The SMILES string of the molecule is O=S(=O)(c1cc(Br)sc1Br)N1CCNCc2ccccc21. The Bertz CT molecular complexity index is 774. The molecule has 1 aromatic carbocycles. The van der Waals surface area contributed by atoms with Crippen molar-refractivity contribution < 1.29 is 8.42 Å². The molecule has 0 unspecified atom stereocenters. The molecular weight excluding hydrogens is 440 g/mol. The molecule has 4 nitrogen and oxygen atoms in total. The highest BCUT2D eigenvalue weighted by Crippen LogP contribution is 2.38. The average molecular weight is 452 g/mol. The Morgan fingerprint density at radius 1 is 1.24 bits per heavy atom. The van der Waals surface area contributed by atoms with Crippen molar-refractivity contribution in [3.63, 3.8) is 0 Å². The molecule has 0 fully saturated rings. The quantitative estimate of drug-likeness (QED) is 0.759. The maximum Gasteiger partial charge on any atom is 0.266 e. The lowest BCUT2D eigenvalue weighted by Gasteiger charge is -2.23. The molecule has 0 saturated heterocycles. The first-order valence-electron chi connectivity index (χ1n) is 6.26. The molecule has 112 valence electrons. The average Bonchev–Trinajstić information content (AvgIpc) is 2.68. The van der Waals surface area contributed by atoms with Crippen LogP contribution in [-0.2, 0) is 16.6 Å². The van der Waals surface area contributed by atoms with Gasteiger partial charge in [0, 0.05) is 19.6 Å². The number of nitrogens with zero attached hydrogens (tertiary/aromatic N) is 1. The van der Waals surface area contributed by atoms with Crippen LogP contribution in [0.15, 0.2) is 42.8 Å². The van der Waals surface area contributed by atoms with Crippen molar-refractivity contribution >= 4 is 58.9 Å². The molecule has 0 spiro atoms. The van der Waals surface area contributed by atoms with Crippen LogP contribution in [0.5, 0.6) is 0 Å². The summed E-state index contributed by atoms with van der Waals surface area (Å²) in [6.45, 7) is 1.72. The van der Waals surface area contributed by atoms with E-state index in [0.717, 1.165) is 15.0 Å². The number of thiophene rings is 1. The zero-order valence-electron chi connectivity index (χ0n) is 10.8. The largest absolute Gasteiger partial charge is 0.311 e. The van der Waals surface area contributed by atoms with Gasteiger partial charge in [0.25, 0.3) is 10.0 Å². The minimum absolute atomic E-state index is 0.302. The number of anilines is 1. The number of fused-ring (bicyclic) bond motifs is 1. The van der Waals surface area contributed by atoms with Gasteiger partial charge in [-0.15, -0.1) is 11.3 Å². The molecule has 0 aliphatic carbocycles. The number of hydrogen-bond donors (Lipinski definition) is 1. The van der Waals surface area contributed by atoms with Crippen LogP contribution in [0.4, 0.5) is 5.69 Å². The van der Waals surface area contributed by atoms with Crippen molar-refractivity contribution in [2.75, 3.05) is 17.4 Å². The van der Waals surface area contributed by atoms with E-state index >= 15 is 0 Å². The lowest BCUT2D eigenvalue weighted by atomic mass is 10.2.